The second kappa shape index (κ2) is 6.49. The molecule has 1 aromatic heterocycles. The van der Waals surface area contributed by atoms with Gasteiger partial charge in [-0.25, -0.2) is 0 Å². The van der Waals surface area contributed by atoms with Crippen LogP contribution in [0.4, 0.5) is 5.95 Å². The largest absolute Gasteiger partial charge is 0.482 e. The Kier molecular flexibility index (Phi) is 4.69. The van der Waals surface area contributed by atoms with Gasteiger partial charge in [-0.15, -0.1) is 9.90 Å². The molecule has 8 heteroatoms. The Bertz CT molecular complexity index is 660. The minimum atomic E-state index is -0.370. The maximum atomic E-state index is 11.8. The van der Waals surface area contributed by atoms with E-state index in [1.54, 1.807) is 0 Å². The predicted octanol–water partition coefficient (Wildman–Crippen LogP) is 2.17. The minimum Gasteiger partial charge on any atom is -0.482 e. The minimum absolute atomic E-state index is 0.100. The molecule has 2 aromatic rings. The van der Waals surface area contributed by atoms with E-state index in [0.29, 0.717) is 5.75 Å². The van der Waals surface area contributed by atoms with Crippen molar-refractivity contribution >= 4 is 34.0 Å². The Hall–Kier alpha value is -2.22. The molecular weight excluding hydrogens is 338 g/mol. The van der Waals surface area contributed by atoms with E-state index in [1.165, 1.54) is 6.20 Å². The fourth-order valence-electron chi connectivity index (χ4n) is 1.74. The van der Waals surface area contributed by atoms with Crippen molar-refractivity contribution < 1.29 is 9.53 Å². The standard InChI is InChI=1S/C13H14BrN5O2/c1-4-19-17-13(16-18-19)15-11(20)7-21-12-9(3)5-8(2)6-10(12)14/h4-6H,1,7H2,2-3H3,(H,15,17,20). The first-order chi connectivity index (χ1) is 9.99. The van der Waals surface area contributed by atoms with Gasteiger partial charge in [-0.2, -0.15) is 0 Å². The average Bonchev–Trinajstić information content (AvgIpc) is 2.85. The highest BCUT2D eigenvalue weighted by Crippen LogP contribution is 2.30. The summed E-state index contributed by atoms with van der Waals surface area (Å²) in [6.07, 6.45) is 1.37. The highest BCUT2D eigenvalue weighted by molar-refractivity contribution is 9.10. The van der Waals surface area contributed by atoms with Crippen LogP contribution in [0.15, 0.2) is 23.2 Å². The average molecular weight is 352 g/mol. The van der Waals surface area contributed by atoms with Crippen LogP contribution in [0.5, 0.6) is 5.75 Å². The van der Waals surface area contributed by atoms with Gasteiger partial charge in [0.15, 0.2) is 6.61 Å². The molecular formula is C13H14BrN5O2. The maximum absolute atomic E-state index is 11.8. The molecule has 0 bridgehead atoms. The summed E-state index contributed by atoms with van der Waals surface area (Å²) in [4.78, 5) is 12.9. The van der Waals surface area contributed by atoms with Crippen LogP contribution in [0.3, 0.4) is 0 Å². The smallest absolute Gasteiger partial charge is 0.270 e. The van der Waals surface area contributed by atoms with Crippen LogP contribution in [0.1, 0.15) is 11.1 Å². The van der Waals surface area contributed by atoms with E-state index < -0.39 is 0 Å². The zero-order valence-electron chi connectivity index (χ0n) is 11.6. The zero-order valence-corrected chi connectivity index (χ0v) is 13.2. The number of aromatic nitrogens is 4. The van der Waals surface area contributed by atoms with E-state index in [1.807, 2.05) is 26.0 Å². The number of amides is 1. The van der Waals surface area contributed by atoms with Crippen LogP contribution >= 0.6 is 15.9 Å². The molecule has 0 aliphatic carbocycles. The van der Waals surface area contributed by atoms with Crippen LogP contribution in [0.25, 0.3) is 6.20 Å². The van der Waals surface area contributed by atoms with Crippen LogP contribution in [0.2, 0.25) is 0 Å². The summed E-state index contributed by atoms with van der Waals surface area (Å²) in [6.45, 7) is 7.24. The summed E-state index contributed by atoms with van der Waals surface area (Å²) in [5, 5.41) is 13.6. The van der Waals surface area contributed by atoms with E-state index in [9.17, 15) is 4.79 Å². The Morgan fingerprint density at radius 2 is 2.29 bits per heavy atom. The normalized spacial score (nSPS) is 10.2. The Morgan fingerprint density at radius 1 is 1.52 bits per heavy atom. The van der Waals surface area contributed by atoms with Gasteiger partial charge in [0.25, 0.3) is 11.9 Å². The zero-order chi connectivity index (χ0) is 15.4. The first kappa shape index (κ1) is 15.2. The van der Waals surface area contributed by atoms with Crippen molar-refractivity contribution in [1.29, 1.82) is 0 Å². The van der Waals surface area contributed by atoms with Crippen molar-refractivity contribution in [3.63, 3.8) is 0 Å². The van der Waals surface area contributed by atoms with E-state index in [4.69, 9.17) is 4.74 Å². The number of carbonyl (C=O) groups is 1. The molecule has 0 saturated carbocycles. The summed E-state index contributed by atoms with van der Waals surface area (Å²) in [5.74, 6) is 0.368. The van der Waals surface area contributed by atoms with Crippen molar-refractivity contribution in [2.75, 3.05) is 11.9 Å². The van der Waals surface area contributed by atoms with Gasteiger partial charge >= 0.3 is 0 Å². The third-order valence-corrected chi connectivity index (χ3v) is 3.15. The van der Waals surface area contributed by atoms with Gasteiger partial charge in [0.2, 0.25) is 0 Å². The summed E-state index contributed by atoms with van der Waals surface area (Å²) >= 11 is 3.42. The highest BCUT2D eigenvalue weighted by Gasteiger charge is 2.11. The van der Waals surface area contributed by atoms with Crippen molar-refractivity contribution in [2.24, 2.45) is 0 Å². The van der Waals surface area contributed by atoms with Crippen LogP contribution in [-0.4, -0.2) is 32.7 Å². The molecule has 1 aromatic carbocycles. The topological polar surface area (TPSA) is 81.9 Å². The van der Waals surface area contributed by atoms with Gasteiger partial charge < -0.3 is 4.74 Å². The van der Waals surface area contributed by atoms with Gasteiger partial charge in [0.05, 0.1) is 4.47 Å². The van der Waals surface area contributed by atoms with Crippen molar-refractivity contribution in [1.82, 2.24) is 20.2 Å². The number of aryl methyl sites for hydroxylation is 2. The van der Waals surface area contributed by atoms with Gasteiger partial charge in [0, 0.05) is 6.20 Å². The molecule has 2 rings (SSSR count). The lowest BCUT2D eigenvalue weighted by molar-refractivity contribution is -0.118. The summed E-state index contributed by atoms with van der Waals surface area (Å²) in [7, 11) is 0. The molecule has 21 heavy (non-hydrogen) atoms. The predicted molar refractivity (Wildman–Crippen MR) is 81.9 cm³/mol. The molecule has 1 heterocycles. The number of benzene rings is 1. The monoisotopic (exact) mass is 351 g/mol. The second-order valence-corrected chi connectivity index (χ2v) is 5.20. The number of tetrazole rings is 1. The molecule has 7 nitrogen and oxygen atoms in total. The third-order valence-electron chi connectivity index (χ3n) is 2.56. The molecule has 110 valence electrons. The van der Waals surface area contributed by atoms with Crippen molar-refractivity contribution in [3.05, 3.63) is 34.3 Å². The molecule has 0 unspecified atom stereocenters. The molecule has 1 amide bonds. The van der Waals surface area contributed by atoms with Gasteiger partial charge in [0.1, 0.15) is 5.75 Å². The van der Waals surface area contributed by atoms with Gasteiger partial charge in [-0.1, -0.05) is 17.7 Å². The Balaban J connectivity index is 1.96. The molecule has 0 fully saturated rings. The molecule has 0 aliphatic heterocycles. The number of carbonyl (C=O) groups excluding carboxylic acids is 1. The van der Waals surface area contributed by atoms with Gasteiger partial charge in [-0.05, 0) is 52.2 Å². The lowest BCUT2D eigenvalue weighted by atomic mass is 10.1. The van der Waals surface area contributed by atoms with E-state index >= 15 is 0 Å². The first-order valence-electron chi connectivity index (χ1n) is 6.11. The summed E-state index contributed by atoms with van der Waals surface area (Å²) in [5.41, 5.74) is 2.06. The molecule has 0 aliphatic rings. The van der Waals surface area contributed by atoms with E-state index in [2.05, 4.69) is 43.2 Å². The van der Waals surface area contributed by atoms with E-state index in [-0.39, 0.29) is 18.5 Å². The SMILES string of the molecule is C=Cn1nnc(NC(=O)COc2c(C)cc(C)cc2Br)n1. The third kappa shape index (κ3) is 3.88. The maximum Gasteiger partial charge on any atom is 0.270 e. The fraction of sp³-hybridized carbons (Fsp3) is 0.231. The van der Waals surface area contributed by atoms with Crippen LogP contribution < -0.4 is 10.1 Å². The number of nitrogens with one attached hydrogen (secondary N) is 1. The Morgan fingerprint density at radius 3 is 2.90 bits per heavy atom. The summed E-state index contributed by atoms with van der Waals surface area (Å²) in [6, 6.07) is 3.91. The lowest BCUT2D eigenvalue weighted by Crippen LogP contribution is -2.21. The summed E-state index contributed by atoms with van der Waals surface area (Å²) < 4.78 is 6.34. The molecule has 0 radical (unpaired) electrons. The van der Waals surface area contributed by atoms with Gasteiger partial charge in [-0.3, -0.25) is 10.1 Å². The van der Waals surface area contributed by atoms with Crippen molar-refractivity contribution in [3.8, 4) is 5.75 Å². The molecule has 1 N–H and O–H groups in total. The number of hydrogen-bond donors (Lipinski definition) is 1. The first-order valence-corrected chi connectivity index (χ1v) is 6.90. The molecule has 0 atom stereocenters. The number of ether oxygens (including phenoxy) is 1. The number of nitrogens with zero attached hydrogens (tertiary/aromatic N) is 4. The van der Waals surface area contributed by atoms with E-state index in [0.717, 1.165) is 20.4 Å². The molecule has 0 saturated heterocycles. The number of anilines is 1. The number of rotatable bonds is 5. The lowest BCUT2D eigenvalue weighted by Gasteiger charge is -2.11. The second-order valence-electron chi connectivity index (χ2n) is 4.35. The number of halogens is 1. The van der Waals surface area contributed by atoms with Crippen molar-refractivity contribution in [2.45, 2.75) is 13.8 Å². The Labute approximate surface area is 130 Å². The van der Waals surface area contributed by atoms with Crippen LogP contribution in [0, 0.1) is 13.8 Å². The molecule has 0 spiro atoms. The quantitative estimate of drug-likeness (QED) is 0.892. The fourth-order valence-corrected chi connectivity index (χ4v) is 2.52. The van der Waals surface area contributed by atoms with Crippen LogP contribution in [-0.2, 0) is 4.79 Å². The number of hydrogen-bond acceptors (Lipinski definition) is 5. The highest BCUT2D eigenvalue weighted by atomic mass is 79.9.